The molecule has 0 atom stereocenters. The lowest BCUT2D eigenvalue weighted by Crippen LogP contribution is -2.37. The van der Waals surface area contributed by atoms with E-state index in [9.17, 15) is 14.2 Å². The predicted molar refractivity (Wildman–Crippen MR) is 89.0 cm³/mol. The molecule has 7 nitrogen and oxygen atoms in total. The first-order valence-electron chi connectivity index (χ1n) is 7.82. The highest BCUT2D eigenvalue weighted by atomic mass is 31.1. The van der Waals surface area contributed by atoms with Crippen LogP contribution in [0.25, 0.3) is 0 Å². The summed E-state index contributed by atoms with van der Waals surface area (Å²) < 4.78 is 33.4. The highest BCUT2D eigenvalue weighted by Gasteiger charge is 2.48. The van der Waals surface area contributed by atoms with Crippen LogP contribution in [0.15, 0.2) is 25.3 Å². The molecule has 0 N–H and O–H groups in total. The van der Waals surface area contributed by atoms with Crippen LogP contribution in [-0.4, -0.2) is 23.5 Å². The van der Waals surface area contributed by atoms with Crippen LogP contribution in [0, 0.1) is 0 Å². The second-order valence-corrected chi connectivity index (χ2v) is 5.70. The zero-order chi connectivity index (χ0) is 18.8. The molecular weight excluding hydrogens is 335 g/mol. The van der Waals surface area contributed by atoms with Crippen molar-refractivity contribution in [3.05, 3.63) is 25.3 Å². The van der Waals surface area contributed by atoms with E-state index in [1.807, 2.05) is 0 Å². The van der Waals surface area contributed by atoms with Crippen LogP contribution in [-0.2, 0) is 32.7 Å². The monoisotopic (exact) mass is 361 g/mol. The van der Waals surface area contributed by atoms with Gasteiger partial charge in [0.15, 0.2) is 0 Å². The van der Waals surface area contributed by atoms with Crippen LogP contribution in [0.1, 0.15) is 53.4 Å². The second-order valence-electron chi connectivity index (χ2n) is 4.89. The molecule has 0 radical (unpaired) electrons. The standard InChI is InChI=1S/C16H26O7P/c1-7-13(17)20-15(9-3,10-4)22-24(19)23-16(11-5,12-6)21-14(18)8-2/h7-8H,1-2,9-12H2,3-6H3/q+1. The first kappa shape index (κ1) is 22.4. The van der Waals surface area contributed by atoms with Crippen LogP contribution in [0.3, 0.4) is 0 Å². The number of rotatable bonds is 12. The molecule has 0 unspecified atom stereocenters. The fraction of sp³-hybridized carbons (Fsp3) is 0.625. The van der Waals surface area contributed by atoms with Crippen molar-refractivity contribution in [1.82, 2.24) is 0 Å². The van der Waals surface area contributed by atoms with E-state index in [-0.39, 0.29) is 25.7 Å². The van der Waals surface area contributed by atoms with E-state index >= 15 is 0 Å². The molecule has 24 heavy (non-hydrogen) atoms. The molecular formula is C16H26O7P+. The molecule has 0 fully saturated rings. The van der Waals surface area contributed by atoms with E-state index in [1.165, 1.54) is 0 Å². The highest BCUT2D eigenvalue weighted by molar-refractivity contribution is 7.33. The predicted octanol–water partition coefficient (Wildman–Crippen LogP) is 4.17. The van der Waals surface area contributed by atoms with E-state index in [1.54, 1.807) is 27.7 Å². The van der Waals surface area contributed by atoms with Gasteiger partial charge in [0.1, 0.15) is 0 Å². The van der Waals surface area contributed by atoms with Gasteiger partial charge in [0.25, 0.3) is 11.6 Å². The number of esters is 2. The molecule has 8 heteroatoms. The minimum Gasteiger partial charge on any atom is -0.425 e. The van der Waals surface area contributed by atoms with Crippen LogP contribution in [0.5, 0.6) is 0 Å². The summed E-state index contributed by atoms with van der Waals surface area (Å²) in [5.74, 6) is -4.21. The Kier molecular flexibility index (Phi) is 9.66. The summed E-state index contributed by atoms with van der Waals surface area (Å²) in [5, 5.41) is 0. The summed E-state index contributed by atoms with van der Waals surface area (Å²) in [6, 6.07) is 0. The SMILES string of the molecule is C=CC(=O)OC(CC)(CC)O[P+](=O)OC(CC)(CC)OC(=O)C=C. The van der Waals surface area contributed by atoms with Crippen LogP contribution >= 0.6 is 8.25 Å². The fourth-order valence-corrected chi connectivity index (χ4v) is 3.00. The molecule has 0 rings (SSSR count). The van der Waals surface area contributed by atoms with Crippen molar-refractivity contribution in [2.75, 3.05) is 0 Å². The zero-order valence-corrected chi connectivity index (χ0v) is 15.6. The largest absolute Gasteiger partial charge is 0.705 e. The first-order valence-corrected chi connectivity index (χ1v) is 8.91. The maximum Gasteiger partial charge on any atom is 0.705 e. The van der Waals surface area contributed by atoms with Gasteiger partial charge < -0.3 is 9.47 Å². The average Bonchev–Trinajstić information content (AvgIpc) is 2.59. The van der Waals surface area contributed by atoms with Gasteiger partial charge in [-0.1, -0.05) is 49.9 Å². The Morgan fingerprint density at radius 2 is 1.12 bits per heavy atom. The molecule has 0 aliphatic carbocycles. The Balaban J connectivity index is 5.21. The third-order valence-corrected chi connectivity index (χ3v) is 4.51. The van der Waals surface area contributed by atoms with Crippen LogP contribution < -0.4 is 0 Å². The fourth-order valence-electron chi connectivity index (χ4n) is 1.82. The maximum atomic E-state index is 12.3. The van der Waals surface area contributed by atoms with E-state index in [2.05, 4.69) is 13.2 Å². The molecule has 0 saturated heterocycles. The smallest absolute Gasteiger partial charge is 0.425 e. The van der Waals surface area contributed by atoms with Crippen molar-refractivity contribution in [2.24, 2.45) is 0 Å². The molecule has 0 aromatic carbocycles. The van der Waals surface area contributed by atoms with Crippen molar-refractivity contribution in [1.29, 1.82) is 0 Å². The van der Waals surface area contributed by atoms with Crippen molar-refractivity contribution in [2.45, 2.75) is 65.0 Å². The normalized spacial score (nSPS) is 11.5. The summed E-state index contributed by atoms with van der Waals surface area (Å²) >= 11 is 0. The Labute approximate surface area is 143 Å². The Morgan fingerprint density at radius 3 is 1.33 bits per heavy atom. The number of ether oxygens (including phenoxy) is 2. The zero-order valence-electron chi connectivity index (χ0n) is 14.7. The topological polar surface area (TPSA) is 88.1 Å². The average molecular weight is 361 g/mol. The molecule has 0 aliphatic rings. The minimum absolute atomic E-state index is 0.255. The minimum atomic E-state index is -2.72. The Hall–Kier alpha value is -1.56. The maximum absolute atomic E-state index is 12.3. The highest BCUT2D eigenvalue weighted by Crippen LogP contribution is 2.42. The third kappa shape index (κ3) is 6.51. The molecule has 0 spiro atoms. The second kappa shape index (κ2) is 10.3. The molecule has 136 valence electrons. The van der Waals surface area contributed by atoms with Crippen LogP contribution in [0.2, 0.25) is 0 Å². The van der Waals surface area contributed by atoms with Gasteiger partial charge in [-0.15, -0.1) is 0 Å². The van der Waals surface area contributed by atoms with E-state index < -0.39 is 31.8 Å². The summed E-state index contributed by atoms with van der Waals surface area (Å²) in [6.07, 6.45) is 3.00. The molecule has 0 aliphatic heterocycles. The summed E-state index contributed by atoms with van der Waals surface area (Å²) in [5.41, 5.74) is 0. The van der Waals surface area contributed by atoms with Crippen molar-refractivity contribution >= 4 is 20.2 Å². The van der Waals surface area contributed by atoms with Gasteiger partial charge in [-0.3, -0.25) is 0 Å². The van der Waals surface area contributed by atoms with Gasteiger partial charge in [0.2, 0.25) is 0 Å². The summed E-state index contributed by atoms with van der Waals surface area (Å²) in [6.45, 7) is 13.5. The van der Waals surface area contributed by atoms with Gasteiger partial charge in [0.05, 0.1) is 0 Å². The molecule has 0 bridgehead atoms. The number of carbonyl (C=O) groups excluding carboxylic acids is 2. The number of hydrogen-bond donors (Lipinski definition) is 0. The molecule has 0 aromatic rings. The molecule has 0 amide bonds. The lowest BCUT2D eigenvalue weighted by molar-refractivity contribution is -0.212. The van der Waals surface area contributed by atoms with E-state index in [4.69, 9.17) is 18.5 Å². The summed E-state index contributed by atoms with van der Waals surface area (Å²) in [4.78, 5) is 22.9. The quantitative estimate of drug-likeness (QED) is 0.223. The first-order chi connectivity index (χ1) is 11.3. The number of carbonyl (C=O) groups is 2. The van der Waals surface area contributed by atoms with Gasteiger partial charge in [-0.25, -0.2) is 9.59 Å². The van der Waals surface area contributed by atoms with Gasteiger partial charge in [0, 0.05) is 42.4 Å². The van der Waals surface area contributed by atoms with E-state index in [0.717, 1.165) is 12.2 Å². The third-order valence-electron chi connectivity index (χ3n) is 3.54. The molecule has 0 saturated carbocycles. The van der Waals surface area contributed by atoms with Gasteiger partial charge >= 0.3 is 20.2 Å². The van der Waals surface area contributed by atoms with Gasteiger partial charge in [-0.2, -0.15) is 0 Å². The lowest BCUT2D eigenvalue weighted by atomic mass is 10.1. The van der Waals surface area contributed by atoms with Gasteiger partial charge in [-0.05, 0) is 0 Å². The Bertz CT molecular complexity index is 437. The summed E-state index contributed by atoms with van der Waals surface area (Å²) in [7, 11) is -2.72. The molecule has 0 heterocycles. The van der Waals surface area contributed by atoms with Crippen molar-refractivity contribution < 1.29 is 32.7 Å². The van der Waals surface area contributed by atoms with Crippen molar-refractivity contribution in [3.63, 3.8) is 0 Å². The lowest BCUT2D eigenvalue weighted by Gasteiger charge is -2.27. The van der Waals surface area contributed by atoms with Crippen molar-refractivity contribution in [3.8, 4) is 0 Å². The number of hydrogen-bond acceptors (Lipinski definition) is 7. The Morgan fingerprint density at radius 1 is 0.833 bits per heavy atom. The van der Waals surface area contributed by atoms with E-state index in [0.29, 0.717) is 0 Å². The van der Waals surface area contributed by atoms with Crippen LogP contribution in [0.4, 0.5) is 0 Å². The molecule has 0 aromatic heterocycles.